The Labute approximate surface area is 60.1 Å². The van der Waals surface area contributed by atoms with Crippen LogP contribution in [0.3, 0.4) is 0 Å². The molecule has 0 bridgehead atoms. The largest absolute Gasteiger partial charge is 0.346 e. The van der Waals surface area contributed by atoms with E-state index in [4.69, 9.17) is 0 Å². The molecule has 3 nitrogen and oxygen atoms in total. The molecule has 0 aromatic heterocycles. The van der Waals surface area contributed by atoms with E-state index in [1.807, 2.05) is 0 Å². The lowest BCUT2D eigenvalue weighted by Gasteiger charge is -2.06. The maximum absolute atomic E-state index is 10.7. The number of nitrogens with one attached hydrogen (secondary N) is 1. The Kier molecular flexibility index (Phi) is 3.39. The monoisotopic (exact) mass is 141 g/mol. The molecule has 0 spiro atoms. The van der Waals surface area contributed by atoms with Gasteiger partial charge in [-0.3, -0.25) is 9.59 Å². The van der Waals surface area contributed by atoms with Crippen LogP contribution in [0.15, 0.2) is 12.7 Å². The van der Waals surface area contributed by atoms with Gasteiger partial charge in [0.2, 0.25) is 5.91 Å². The van der Waals surface area contributed by atoms with Gasteiger partial charge < -0.3 is 5.32 Å². The molecule has 0 aromatic rings. The molecule has 0 rings (SSSR count). The Balaban J connectivity index is 3.84. The smallest absolute Gasteiger partial charge is 0.217 e. The van der Waals surface area contributed by atoms with Crippen LogP contribution < -0.4 is 5.32 Å². The molecule has 56 valence electrons. The van der Waals surface area contributed by atoms with Gasteiger partial charge in [-0.05, 0) is 13.0 Å². The maximum Gasteiger partial charge on any atom is 0.217 e. The second-order valence-electron chi connectivity index (χ2n) is 2.03. The number of hydrogen-bond acceptors (Lipinski definition) is 2. The molecule has 1 amide bonds. The zero-order chi connectivity index (χ0) is 8.15. The molecule has 0 aliphatic rings. The summed E-state index contributed by atoms with van der Waals surface area (Å²) in [7, 11) is 0. The predicted molar refractivity (Wildman–Crippen MR) is 38.5 cm³/mol. The zero-order valence-corrected chi connectivity index (χ0v) is 6.18. The SMILES string of the molecule is C=CC(=O)C(C)NC(C)=O. The Morgan fingerprint density at radius 3 is 2.40 bits per heavy atom. The van der Waals surface area contributed by atoms with Gasteiger partial charge in [-0.25, -0.2) is 0 Å². The van der Waals surface area contributed by atoms with Crippen molar-refractivity contribution >= 4 is 11.7 Å². The van der Waals surface area contributed by atoms with Gasteiger partial charge in [0.1, 0.15) is 0 Å². The molecule has 0 aromatic carbocycles. The van der Waals surface area contributed by atoms with Gasteiger partial charge in [0.05, 0.1) is 6.04 Å². The highest BCUT2D eigenvalue weighted by molar-refractivity contribution is 5.95. The Morgan fingerprint density at radius 2 is 2.10 bits per heavy atom. The summed E-state index contributed by atoms with van der Waals surface area (Å²) in [6.07, 6.45) is 1.20. The predicted octanol–water partition coefficient (Wildman–Crippen LogP) is 0.266. The van der Waals surface area contributed by atoms with E-state index >= 15 is 0 Å². The summed E-state index contributed by atoms with van der Waals surface area (Å²) < 4.78 is 0. The van der Waals surface area contributed by atoms with E-state index in [2.05, 4.69) is 11.9 Å². The Morgan fingerprint density at radius 1 is 1.60 bits per heavy atom. The molecule has 0 saturated heterocycles. The molecule has 0 fully saturated rings. The molecule has 10 heavy (non-hydrogen) atoms. The molecule has 0 saturated carbocycles. The summed E-state index contributed by atoms with van der Waals surface area (Å²) >= 11 is 0. The first-order valence-electron chi connectivity index (χ1n) is 3.01. The minimum absolute atomic E-state index is 0.171. The molecule has 0 aliphatic heterocycles. The normalized spacial score (nSPS) is 11.8. The van der Waals surface area contributed by atoms with E-state index < -0.39 is 6.04 Å². The molecule has 1 atom stereocenters. The summed E-state index contributed by atoms with van der Waals surface area (Å²) in [5.74, 6) is -0.377. The van der Waals surface area contributed by atoms with Crippen molar-refractivity contribution in [2.45, 2.75) is 19.9 Å². The fourth-order valence-corrected chi connectivity index (χ4v) is 0.553. The molecule has 0 radical (unpaired) electrons. The van der Waals surface area contributed by atoms with Crippen molar-refractivity contribution in [3.63, 3.8) is 0 Å². The van der Waals surface area contributed by atoms with Gasteiger partial charge in [0.25, 0.3) is 0 Å². The zero-order valence-electron chi connectivity index (χ0n) is 6.18. The van der Waals surface area contributed by atoms with Gasteiger partial charge >= 0.3 is 0 Å². The number of carbonyl (C=O) groups is 2. The van der Waals surface area contributed by atoms with Crippen LogP contribution in [0, 0.1) is 0 Å². The van der Waals surface area contributed by atoms with E-state index in [1.54, 1.807) is 6.92 Å². The molecule has 3 heteroatoms. The standard InChI is InChI=1S/C7H11NO2/c1-4-7(10)5(2)8-6(3)9/h4-5H,1H2,2-3H3,(H,8,9). The molecular formula is C7H11NO2. The molecule has 1 unspecified atom stereocenters. The van der Waals surface area contributed by atoms with Crippen LogP contribution in [0.4, 0.5) is 0 Å². The van der Waals surface area contributed by atoms with Crippen molar-refractivity contribution in [2.24, 2.45) is 0 Å². The molecule has 0 heterocycles. The van der Waals surface area contributed by atoms with E-state index in [-0.39, 0.29) is 11.7 Å². The van der Waals surface area contributed by atoms with Crippen molar-refractivity contribution in [3.8, 4) is 0 Å². The number of ketones is 1. The van der Waals surface area contributed by atoms with Crippen LogP contribution in [0.2, 0.25) is 0 Å². The minimum Gasteiger partial charge on any atom is -0.346 e. The summed E-state index contributed by atoms with van der Waals surface area (Å²) in [4.78, 5) is 21.1. The molecule has 0 aliphatic carbocycles. The third-order valence-corrected chi connectivity index (χ3v) is 1.05. The highest BCUT2D eigenvalue weighted by atomic mass is 16.2. The quantitative estimate of drug-likeness (QED) is 0.573. The first kappa shape index (κ1) is 8.88. The lowest BCUT2D eigenvalue weighted by Crippen LogP contribution is -2.35. The third-order valence-electron chi connectivity index (χ3n) is 1.05. The third kappa shape index (κ3) is 3.02. The van der Waals surface area contributed by atoms with E-state index in [0.717, 1.165) is 0 Å². The van der Waals surface area contributed by atoms with E-state index in [9.17, 15) is 9.59 Å². The van der Waals surface area contributed by atoms with Crippen LogP contribution in [0.25, 0.3) is 0 Å². The van der Waals surface area contributed by atoms with Crippen LogP contribution in [-0.2, 0) is 9.59 Å². The van der Waals surface area contributed by atoms with Gasteiger partial charge in [-0.1, -0.05) is 6.58 Å². The van der Waals surface area contributed by atoms with E-state index in [0.29, 0.717) is 0 Å². The summed E-state index contributed by atoms with van der Waals surface area (Å²) in [5.41, 5.74) is 0. The average Bonchev–Trinajstić information content (AvgIpc) is 1.85. The highest BCUT2D eigenvalue weighted by Crippen LogP contribution is 1.84. The first-order chi connectivity index (χ1) is 4.57. The second-order valence-corrected chi connectivity index (χ2v) is 2.03. The van der Waals surface area contributed by atoms with Crippen LogP contribution in [0.5, 0.6) is 0 Å². The van der Waals surface area contributed by atoms with Crippen molar-refractivity contribution in [1.29, 1.82) is 0 Å². The number of rotatable bonds is 3. The first-order valence-corrected chi connectivity index (χ1v) is 3.01. The van der Waals surface area contributed by atoms with Crippen molar-refractivity contribution in [2.75, 3.05) is 0 Å². The summed E-state index contributed by atoms with van der Waals surface area (Å²) in [5, 5.41) is 2.43. The van der Waals surface area contributed by atoms with Crippen molar-refractivity contribution < 1.29 is 9.59 Å². The van der Waals surface area contributed by atoms with Crippen molar-refractivity contribution in [1.82, 2.24) is 5.32 Å². The second kappa shape index (κ2) is 3.82. The van der Waals surface area contributed by atoms with Gasteiger partial charge in [-0.15, -0.1) is 0 Å². The molecular weight excluding hydrogens is 130 g/mol. The minimum atomic E-state index is -0.449. The summed E-state index contributed by atoms with van der Waals surface area (Å²) in [6, 6.07) is -0.449. The van der Waals surface area contributed by atoms with Crippen molar-refractivity contribution in [3.05, 3.63) is 12.7 Å². The number of amides is 1. The summed E-state index contributed by atoms with van der Waals surface area (Å²) in [6.45, 7) is 6.27. The number of carbonyl (C=O) groups excluding carboxylic acids is 2. The average molecular weight is 141 g/mol. The topological polar surface area (TPSA) is 46.2 Å². The maximum atomic E-state index is 10.7. The Hall–Kier alpha value is -1.12. The fourth-order valence-electron chi connectivity index (χ4n) is 0.553. The number of hydrogen-bond donors (Lipinski definition) is 1. The molecule has 1 N–H and O–H groups in total. The van der Waals surface area contributed by atoms with Crippen LogP contribution in [-0.4, -0.2) is 17.7 Å². The van der Waals surface area contributed by atoms with Gasteiger partial charge in [0, 0.05) is 6.92 Å². The van der Waals surface area contributed by atoms with Gasteiger partial charge in [-0.2, -0.15) is 0 Å². The fraction of sp³-hybridized carbons (Fsp3) is 0.429. The van der Waals surface area contributed by atoms with Crippen LogP contribution in [0.1, 0.15) is 13.8 Å². The Bertz CT molecular complexity index is 163. The lowest BCUT2D eigenvalue weighted by atomic mass is 10.2. The lowest BCUT2D eigenvalue weighted by molar-refractivity contribution is -0.124. The highest BCUT2D eigenvalue weighted by Gasteiger charge is 2.08. The van der Waals surface area contributed by atoms with Crippen LogP contribution >= 0.6 is 0 Å². The van der Waals surface area contributed by atoms with Gasteiger partial charge in [0.15, 0.2) is 5.78 Å². The van der Waals surface area contributed by atoms with E-state index in [1.165, 1.54) is 13.0 Å².